The van der Waals surface area contributed by atoms with Crippen LogP contribution in [0.5, 0.6) is 5.75 Å². The molecule has 0 unspecified atom stereocenters. The normalized spacial score (nSPS) is 11.1. The number of methoxy groups -OCH3 is 1. The van der Waals surface area contributed by atoms with Crippen LogP contribution in [0.1, 0.15) is 21.5 Å². The summed E-state index contributed by atoms with van der Waals surface area (Å²) in [5.74, 6) is -0.292. The first kappa shape index (κ1) is 16.8. The maximum absolute atomic E-state index is 12.6. The number of hydrogen-bond acceptors (Lipinski definition) is 4. The number of nitrogens with one attached hydrogen (secondary N) is 1. The highest BCUT2D eigenvalue weighted by Gasteiger charge is 2.22. The van der Waals surface area contributed by atoms with E-state index in [9.17, 15) is 13.2 Å². The Morgan fingerprint density at radius 3 is 2.26 bits per heavy atom. The fourth-order valence-corrected chi connectivity index (χ4v) is 3.76. The zero-order valence-electron chi connectivity index (χ0n) is 13.1. The van der Waals surface area contributed by atoms with Gasteiger partial charge >= 0.3 is 0 Å². The number of benzene rings is 2. The number of nitrogens with two attached hydrogens (primary N) is 1. The summed E-state index contributed by atoms with van der Waals surface area (Å²) in [6, 6.07) is 9.31. The molecule has 6 nitrogen and oxygen atoms in total. The average molecular weight is 334 g/mol. The monoisotopic (exact) mass is 334 g/mol. The van der Waals surface area contributed by atoms with E-state index in [2.05, 4.69) is 4.72 Å². The Labute approximate surface area is 135 Å². The number of rotatable bonds is 5. The van der Waals surface area contributed by atoms with Gasteiger partial charge in [-0.25, -0.2) is 8.42 Å². The Morgan fingerprint density at radius 1 is 1.13 bits per heavy atom. The molecule has 0 atom stereocenters. The molecule has 0 fully saturated rings. The molecule has 0 heterocycles. The quantitative estimate of drug-likeness (QED) is 0.876. The molecule has 0 bridgehead atoms. The number of sulfonamides is 1. The summed E-state index contributed by atoms with van der Waals surface area (Å²) in [6.07, 6.45) is 0. The van der Waals surface area contributed by atoms with Crippen molar-refractivity contribution in [2.24, 2.45) is 5.73 Å². The minimum Gasteiger partial charge on any atom is -0.495 e. The molecular formula is C16H18N2O4S. The highest BCUT2D eigenvalue weighted by molar-refractivity contribution is 7.92. The number of primary amides is 1. The second kappa shape index (κ2) is 6.29. The van der Waals surface area contributed by atoms with E-state index in [1.54, 1.807) is 19.1 Å². The maximum atomic E-state index is 12.6. The molecule has 1 amide bonds. The molecule has 2 rings (SSSR count). The summed E-state index contributed by atoms with van der Waals surface area (Å²) in [5, 5.41) is 0. The number of amides is 1. The Kier molecular flexibility index (Phi) is 4.60. The SMILES string of the molecule is COc1cc(C)cc(C)c1S(=O)(=O)Nc1ccc(C(N)=O)cc1. The molecule has 2 aromatic rings. The van der Waals surface area contributed by atoms with Crippen molar-refractivity contribution < 1.29 is 17.9 Å². The van der Waals surface area contributed by atoms with Gasteiger partial charge in [0.2, 0.25) is 5.91 Å². The molecule has 0 radical (unpaired) electrons. The number of carbonyl (C=O) groups excluding carboxylic acids is 1. The number of hydrogen-bond donors (Lipinski definition) is 2. The second-order valence-electron chi connectivity index (χ2n) is 5.16. The van der Waals surface area contributed by atoms with Gasteiger partial charge in [0, 0.05) is 11.3 Å². The first-order chi connectivity index (χ1) is 10.7. The van der Waals surface area contributed by atoms with Crippen LogP contribution in [-0.4, -0.2) is 21.4 Å². The molecule has 0 aliphatic carbocycles. The topological polar surface area (TPSA) is 98.5 Å². The molecule has 23 heavy (non-hydrogen) atoms. The van der Waals surface area contributed by atoms with Gasteiger partial charge in [0.25, 0.3) is 10.0 Å². The second-order valence-corrected chi connectivity index (χ2v) is 6.78. The average Bonchev–Trinajstić information content (AvgIpc) is 2.45. The zero-order chi connectivity index (χ0) is 17.2. The molecule has 2 aromatic carbocycles. The van der Waals surface area contributed by atoms with Crippen LogP contribution in [0.3, 0.4) is 0 Å². The van der Waals surface area contributed by atoms with E-state index in [4.69, 9.17) is 10.5 Å². The molecule has 3 N–H and O–H groups in total. The van der Waals surface area contributed by atoms with Crippen LogP contribution >= 0.6 is 0 Å². The maximum Gasteiger partial charge on any atom is 0.265 e. The molecular weight excluding hydrogens is 316 g/mol. The summed E-state index contributed by atoms with van der Waals surface area (Å²) in [7, 11) is -2.40. The van der Waals surface area contributed by atoms with Crippen molar-refractivity contribution in [1.29, 1.82) is 0 Å². The molecule has 0 aliphatic rings. The molecule has 0 aromatic heterocycles. The third-order valence-corrected chi connectivity index (χ3v) is 4.86. The van der Waals surface area contributed by atoms with E-state index in [1.165, 1.54) is 31.4 Å². The van der Waals surface area contributed by atoms with Crippen molar-refractivity contribution in [2.45, 2.75) is 18.7 Å². The van der Waals surface area contributed by atoms with Crippen molar-refractivity contribution in [2.75, 3.05) is 11.8 Å². The van der Waals surface area contributed by atoms with Crippen molar-refractivity contribution >= 4 is 21.6 Å². The van der Waals surface area contributed by atoms with Gasteiger partial charge in [0.05, 0.1) is 7.11 Å². The van der Waals surface area contributed by atoms with Crippen LogP contribution in [0.25, 0.3) is 0 Å². The number of anilines is 1. The lowest BCUT2D eigenvalue weighted by molar-refractivity contribution is 0.100. The van der Waals surface area contributed by atoms with E-state index in [0.717, 1.165) is 5.56 Å². The summed E-state index contributed by atoms with van der Waals surface area (Å²) < 4.78 is 33.0. The van der Waals surface area contributed by atoms with Gasteiger partial charge in [-0.3, -0.25) is 9.52 Å². The first-order valence-electron chi connectivity index (χ1n) is 6.82. The lowest BCUT2D eigenvalue weighted by Crippen LogP contribution is -2.16. The van der Waals surface area contributed by atoms with Gasteiger partial charge in [0.1, 0.15) is 10.6 Å². The molecule has 0 aliphatic heterocycles. The number of ether oxygens (including phenoxy) is 1. The lowest BCUT2D eigenvalue weighted by atomic mass is 10.1. The largest absolute Gasteiger partial charge is 0.495 e. The summed E-state index contributed by atoms with van der Waals surface area (Å²) >= 11 is 0. The van der Waals surface area contributed by atoms with Gasteiger partial charge in [-0.15, -0.1) is 0 Å². The van der Waals surface area contributed by atoms with E-state index < -0.39 is 15.9 Å². The van der Waals surface area contributed by atoms with Crippen LogP contribution in [-0.2, 0) is 10.0 Å². The Bertz CT molecular complexity index is 843. The van der Waals surface area contributed by atoms with Gasteiger partial charge in [-0.1, -0.05) is 6.07 Å². The Balaban J connectivity index is 2.41. The summed E-state index contributed by atoms with van der Waals surface area (Å²) in [5.41, 5.74) is 7.29. The Hall–Kier alpha value is -2.54. The predicted molar refractivity (Wildman–Crippen MR) is 88.2 cm³/mol. The smallest absolute Gasteiger partial charge is 0.265 e. The van der Waals surface area contributed by atoms with Gasteiger partial charge in [-0.2, -0.15) is 0 Å². The van der Waals surface area contributed by atoms with Crippen LogP contribution in [0.15, 0.2) is 41.3 Å². The summed E-state index contributed by atoms with van der Waals surface area (Å²) in [4.78, 5) is 11.1. The molecule has 0 saturated heterocycles. The van der Waals surface area contributed by atoms with E-state index in [0.29, 0.717) is 16.8 Å². The van der Waals surface area contributed by atoms with Crippen molar-refractivity contribution in [3.05, 3.63) is 53.1 Å². The van der Waals surface area contributed by atoms with Crippen molar-refractivity contribution in [1.82, 2.24) is 0 Å². The highest BCUT2D eigenvalue weighted by atomic mass is 32.2. The van der Waals surface area contributed by atoms with Crippen molar-refractivity contribution in [3.8, 4) is 5.75 Å². The van der Waals surface area contributed by atoms with Crippen molar-refractivity contribution in [3.63, 3.8) is 0 Å². The van der Waals surface area contributed by atoms with Gasteiger partial charge < -0.3 is 10.5 Å². The summed E-state index contributed by atoms with van der Waals surface area (Å²) in [6.45, 7) is 3.57. The fourth-order valence-electron chi connectivity index (χ4n) is 2.32. The third-order valence-electron chi connectivity index (χ3n) is 3.30. The molecule has 7 heteroatoms. The third kappa shape index (κ3) is 3.62. The van der Waals surface area contributed by atoms with Gasteiger partial charge in [0.15, 0.2) is 0 Å². The predicted octanol–water partition coefficient (Wildman–Crippen LogP) is 2.21. The molecule has 0 spiro atoms. The van der Waals surface area contributed by atoms with E-state index in [-0.39, 0.29) is 10.6 Å². The molecule has 0 saturated carbocycles. The number of carbonyl (C=O) groups is 1. The van der Waals surface area contributed by atoms with E-state index >= 15 is 0 Å². The van der Waals surface area contributed by atoms with Crippen LogP contribution in [0.4, 0.5) is 5.69 Å². The van der Waals surface area contributed by atoms with Crippen LogP contribution in [0, 0.1) is 13.8 Å². The van der Waals surface area contributed by atoms with Gasteiger partial charge in [-0.05, 0) is 55.3 Å². The minimum atomic E-state index is -3.83. The van der Waals surface area contributed by atoms with Crippen LogP contribution < -0.4 is 15.2 Å². The Morgan fingerprint density at radius 2 is 1.74 bits per heavy atom. The zero-order valence-corrected chi connectivity index (χ0v) is 13.9. The number of aryl methyl sites for hydroxylation is 2. The minimum absolute atomic E-state index is 0.0876. The molecule has 122 valence electrons. The lowest BCUT2D eigenvalue weighted by Gasteiger charge is -2.15. The standard InChI is InChI=1S/C16H18N2O4S/c1-10-8-11(2)15(14(9-10)22-3)23(20,21)18-13-6-4-12(5-7-13)16(17)19/h4-9,18H,1-3H3,(H2,17,19). The fraction of sp³-hybridized carbons (Fsp3) is 0.188. The van der Waals surface area contributed by atoms with E-state index in [1.807, 2.05) is 6.92 Å². The first-order valence-corrected chi connectivity index (χ1v) is 8.31. The highest BCUT2D eigenvalue weighted by Crippen LogP contribution is 2.30. The van der Waals surface area contributed by atoms with Crippen LogP contribution in [0.2, 0.25) is 0 Å².